The standard InChI is InChI=1S/C17H10F6O4/c1-27-15(26)9-3-5-11(13(7-9)17(21,22)23)10-4-2-8(14(24)25)6-12(10)16(18,19)20/h2-7H,1H3,(H,24,25). The van der Waals surface area contributed by atoms with Crippen LogP contribution in [0.2, 0.25) is 0 Å². The van der Waals surface area contributed by atoms with E-state index in [0.29, 0.717) is 18.2 Å². The third-order valence-corrected chi connectivity index (χ3v) is 3.61. The molecule has 0 radical (unpaired) electrons. The zero-order valence-corrected chi connectivity index (χ0v) is 13.4. The van der Waals surface area contributed by atoms with Crippen LogP contribution in [-0.2, 0) is 17.1 Å². The molecule has 0 heterocycles. The van der Waals surface area contributed by atoms with E-state index in [4.69, 9.17) is 5.11 Å². The van der Waals surface area contributed by atoms with Crippen LogP contribution >= 0.6 is 0 Å². The summed E-state index contributed by atoms with van der Waals surface area (Å²) < 4.78 is 84.4. The lowest BCUT2D eigenvalue weighted by molar-refractivity contribution is -0.139. The molecule has 4 nitrogen and oxygen atoms in total. The fraction of sp³-hybridized carbons (Fsp3) is 0.176. The van der Waals surface area contributed by atoms with Gasteiger partial charge in [-0.2, -0.15) is 26.3 Å². The quantitative estimate of drug-likeness (QED) is 0.598. The first-order chi connectivity index (χ1) is 12.4. The van der Waals surface area contributed by atoms with Crippen molar-refractivity contribution in [2.75, 3.05) is 7.11 Å². The highest BCUT2D eigenvalue weighted by molar-refractivity contribution is 5.92. The van der Waals surface area contributed by atoms with Crippen molar-refractivity contribution in [1.29, 1.82) is 0 Å². The second-order valence-corrected chi connectivity index (χ2v) is 5.31. The highest BCUT2D eigenvalue weighted by Gasteiger charge is 2.39. The van der Waals surface area contributed by atoms with Crippen LogP contribution in [0.4, 0.5) is 26.3 Å². The van der Waals surface area contributed by atoms with Gasteiger partial charge < -0.3 is 9.84 Å². The summed E-state index contributed by atoms with van der Waals surface area (Å²) in [6.45, 7) is 0. The van der Waals surface area contributed by atoms with Crippen LogP contribution in [-0.4, -0.2) is 24.2 Å². The van der Waals surface area contributed by atoms with E-state index in [1.165, 1.54) is 0 Å². The Bertz CT molecular complexity index is 899. The molecule has 0 saturated heterocycles. The zero-order chi connectivity index (χ0) is 20.6. The smallest absolute Gasteiger partial charge is 0.417 e. The Kier molecular flexibility index (Phi) is 5.21. The van der Waals surface area contributed by atoms with Gasteiger partial charge in [-0.3, -0.25) is 0 Å². The van der Waals surface area contributed by atoms with Crippen molar-refractivity contribution < 1.29 is 45.8 Å². The summed E-state index contributed by atoms with van der Waals surface area (Å²) in [6.07, 6.45) is -10.2. The molecule has 1 N–H and O–H groups in total. The number of hydrogen-bond acceptors (Lipinski definition) is 3. The summed E-state index contributed by atoms with van der Waals surface area (Å²) in [5.41, 5.74) is -5.97. The monoisotopic (exact) mass is 392 g/mol. The maximum atomic E-state index is 13.4. The van der Waals surface area contributed by atoms with Gasteiger partial charge in [0.1, 0.15) is 0 Å². The predicted octanol–water partition coefficient (Wildman–Crippen LogP) is 4.88. The Morgan fingerprint density at radius 3 is 1.59 bits per heavy atom. The van der Waals surface area contributed by atoms with Crippen LogP contribution in [0.15, 0.2) is 36.4 Å². The molecular formula is C17H10F6O4. The number of alkyl halides is 6. The summed E-state index contributed by atoms with van der Waals surface area (Å²) in [4.78, 5) is 22.4. The average molecular weight is 392 g/mol. The first-order valence-corrected chi connectivity index (χ1v) is 7.10. The molecule has 0 bridgehead atoms. The molecule has 2 aromatic carbocycles. The minimum Gasteiger partial charge on any atom is -0.478 e. The van der Waals surface area contributed by atoms with Crippen molar-refractivity contribution in [3.8, 4) is 11.1 Å². The van der Waals surface area contributed by atoms with E-state index < -0.39 is 57.7 Å². The third-order valence-electron chi connectivity index (χ3n) is 3.61. The number of methoxy groups -OCH3 is 1. The highest BCUT2D eigenvalue weighted by atomic mass is 19.4. The first-order valence-electron chi connectivity index (χ1n) is 7.10. The Hall–Kier alpha value is -3.04. The Labute approximate surface area is 148 Å². The summed E-state index contributed by atoms with van der Waals surface area (Å²) >= 11 is 0. The van der Waals surface area contributed by atoms with Crippen LogP contribution in [0.5, 0.6) is 0 Å². The van der Waals surface area contributed by atoms with E-state index >= 15 is 0 Å². The lowest BCUT2D eigenvalue weighted by Crippen LogP contribution is -2.14. The predicted molar refractivity (Wildman–Crippen MR) is 80.2 cm³/mol. The molecular weight excluding hydrogens is 382 g/mol. The van der Waals surface area contributed by atoms with Crippen molar-refractivity contribution in [3.05, 3.63) is 58.7 Å². The summed E-state index contributed by atoms with van der Waals surface area (Å²) in [5, 5.41) is 8.85. The SMILES string of the molecule is COC(=O)c1ccc(-c2ccc(C(=O)O)cc2C(F)(F)F)c(C(F)(F)F)c1. The number of halogens is 6. The topological polar surface area (TPSA) is 63.6 Å². The molecule has 2 rings (SSSR count). The average Bonchev–Trinajstić information content (AvgIpc) is 2.58. The lowest BCUT2D eigenvalue weighted by atomic mass is 9.92. The van der Waals surface area contributed by atoms with E-state index in [9.17, 15) is 35.9 Å². The molecule has 0 aromatic heterocycles. The lowest BCUT2D eigenvalue weighted by Gasteiger charge is -2.18. The van der Waals surface area contributed by atoms with Gasteiger partial charge in [-0.15, -0.1) is 0 Å². The van der Waals surface area contributed by atoms with Crippen LogP contribution < -0.4 is 0 Å². The molecule has 0 aliphatic heterocycles. The second-order valence-electron chi connectivity index (χ2n) is 5.31. The van der Waals surface area contributed by atoms with Crippen LogP contribution in [0, 0.1) is 0 Å². The van der Waals surface area contributed by atoms with Gasteiger partial charge >= 0.3 is 24.3 Å². The molecule has 0 aliphatic carbocycles. The van der Waals surface area contributed by atoms with Crippen molar-refractivity contribution in [3.63, 3.8) is 0 Å². The van der Waals surface area contributed by atoms with Gasteiger partial charge in [0.15, 0.2) is 0 Å². The van der Waals surface area contributed by atoms with Crippen LogP contribution in [0.3, 0.4) is 0 Å². The van der Waals surface area contributed by atoms with Gasteiger partial charge in [0.05, 0.1) is 29.4 Å². The van der Waals surface area contributed by atoms with E-state index in [1.54, 1.807) is 0 Å². The highest BCUT2D eigenvalue weighted by Crippen LogP contribution is 2.43. The molecule has 0 amide bonds. The van der Waals surface area contributed by atoms with Gasteiger partial charge in [0.2, 0.25) is 0 Å². The van der Waals surface area contributed by atoms with Gasteiger partial charge in [-0.05, 0) is 35.4 Å². The molecule has 0 aliphatic rings. The number of carbonyl (C=O) groups is 2. The summed E-state index contributed by atoms with van der Waals surface area (Å²) in [6, 6.07) is 3.65. The molecule has 2 aromatic rings. The molecule has 0 atom stereocenters. The minimum absolute atomic E-state index is 0.256. The van der Waals surface area contributed by atoms with Gasteiger partial charge in [0, 0.05) is 0 Å². The third kappa shape index (κ3) is 4.21. The Morgan fingerprint density at radius 1 is 0.815 bits per heavy atom. The van der Waals surface area contributed by atoms with Crippen LogP contribution in [0.25, 0.3) is 11.1 Å². The normalized spacial score (nSPS) is 12.0. The fourth-order valence-electron chi connectivity index (χ4n) is 2.41. The summed E-state index contributed by atoms with van der Waals surface area (Å²) in [5.74, 6) is -2.76. The van der Waals surface area contributed by atoms with Crippen LogP contribution in [0.1, 0.15) is 31.8 Å². The molecule has 0 fully saturated rings. The largest absolute Gasteiger partial charge is 0.478 e. The van der Waals surface area contributed by atoms with Gasteiger partial charge in [-0.25, -0.2) is 9.59 Å². The van der Waals surface area contributed by atoms with Gasteiger partial charge in [-0.1, -0.05) is 12.1 Å². The Morgan fingerprint density at radius 2 is 1.22 bits per heavy atom. The molecule has 0 spiro atoms. The minimum atomic E-state index is -5.11. The maximum absolute atomic E-state index is 13.4. The number of benzene rings is 2. The van der Waals surface area contributed by atoms with E-state index in [-0.39, 0.29) is 6.07 Å². The molecule has 0 saturated carbocycles. The molecule has 27 heavy (non-hydrogen) atoms. The number of carbonyl (C=O) groups excluding carboxylic acids is 1. The van der Waals surface area contributed by atoms with Crippen molar-refractivity contribution in [2.45, 2.75) is 12.4 Å². The molecule has 0 unspecified atom stereocenters. The maximum Gasteiger partial charge on any atom is 0.417 e. The van der Waals surface area contributed by atoms with Crippen molar-refractivity contribution in [2.24, 2.45) is 0 Å². The van der Waals surface area contributed by atoms with Crippen molar-refractivity contribution in [1.82, 2.24) is 0 Å². The number of rotatable bonds is 3. The second kappa shape index (κ2) is 6.93. The van der Waals surface area contributed by atoms with Crippen molar-refractivity contribution >= 4 is 11.9 Å². The summed E-state index contributed by atoms with van der Waals surface area (Å²) in [7, 11) is 0.940. The number of esters is 1. The van der Waals surface area contributed by atoms with Gasteiger partial charge in [0.25, 0.3) is 0 Å². The number of ether oxygens (including phenoxy) is 1. The van der Waals surface area contributed by atoms with E-state index in [1.807, 2.05) is 0 Å². The number of carboxylic acid groups (broad SMARTS) is 1. The molecule has 144 valence electrons. The first kappa shape index (κ1) is 20.3. The number of aromatic carboxylic acids is 1. The van der Waals surface area contributed by atoms with E-state index in [2.05, 4.69) is 4.74 Å². The van der Waals surface area contributed by atoms with E-state index in [0.717, 1.165) is 19.2 Å². The number of hydrogen-bond donors (Lipinski definition) is 1. The number of carboxylic acids is 1. The molecule has 10 heteroatoms. The zero-order valence-electron chi connectivity index (χ0n) is 13.4. The fourth-order valence-corrected chi connectivity index (χ4v) is 2.41. The Balaban J connectivity index is 2.81.